The maximum atomic E-state index is 8.84. The van der Waals surface area contributed by atoms with Crippen molar-refractivity contribution in [1.82, 2.24) is 0 Å². The highest BCUT2D eigenvalue weighted by molar-refractivity contribution is 6.17. The van der Waals surface area contributed by atoms with Crippen LogP contribution in [-0.2, 0) is 6.42 Å². The predicted molar refractivity (Wildman–Crippen MR) is 41.4 cm³/mol. The van der Waals surface area contributed by atoms with E-state index in [2.05, 4.69) is 6.07 Å². The van der Waals surface area contributed by atoms with Crippen molar-refractivity contribution in [3.63, 3.8) is 0 Å². The molecule has 1 rings (SSSR count). The van der Waals surface area contributed by atoms with Crippen LogP contribution >= 0.6 is 11.6 Å². The Kier molecular flexibility index (Phi) is 2.57. The van der Waals surface area contributed by atoms with E-state index in [9.17, 15) is 0 Å². The predicted octanol–water partition coefficient (Wildman–Crippen LogP) is 1.97. The fraction of sp³-hybridized carbons (Fsp3) is 0.250. The third kappa shape index (κ3) is 1.92. The van der Waals surface area contributed by atoms with Gasteiger partial charge in [-0.25, -0.2) is 0 Å². The van der Waals surface area contributed by atoms with E-state index in [4.69, 9.17) is 16.7 Å². The normalized spacial score (nSPS) is 9.70. The highest BCUT2D eigenvalue weighted by Gasteiger charge is 1.90. The van der Waals surface area contributed by atoms with Crippen LogP contribution in [0, 0.1) is 6.07 Å². The first-order valence-electron chi connectivity index (χ1n) is 3.08. The number of benzene rings is 1. The van der Waals surface area contributed by atoms with Crippen molar-refractivity contribution >= 4 is 11.6 Å². The highest BCUT2D eigenvalue weighted by atomic mass is 35.5. The highest BCUT2D eigenvalue weighted by Crippen LogP contribution is 2.09. The molecule has 0 atom stereocenters. The summed E-state index contributed by atoms with van der Waals surface area (Å²) in [6.07, 6.45) is 0.832. The van der Waals surface area contributed by atoms with Crippen LogP contribution < -0.4 is 0 Å². The lowest BCUT2D eigenvalue weighted by Gasteiger charge is -1.95. The molecule has 1 aromatic rings. The van der Waals surface area contributed by atoms with Crippen LogP contribution in [0.4, 0.5) is 0 Å². The summed E-state index contributed by atoms with van der Waals surface area (Å²) in [4.78, 5) is 0. The fourth-order valence-electron chi connectivity index (χ4n) is 0.713. The molecule has 0 bridgehead atoms. The smallest absolute Gasteiger partial charge is 0.123 e. The van der Waals surface area contributed by atoms with E-state index >= 15 is 0 Å². The summed E-state index contributed by atoms with van der Waals surface area (Å²) in [5.41, 5.74) is 1.10. The van der Waals surface area contributed by atoms with Crippen LogP contribution in [0.1, 0.15) is 5.56 Å². The SMILES string of the molecule is Oc1[c]cc(CCCl)cc1. The van der Waals surface area contributed by atoms with E-state index in [1.54, 1.807) is 12.1 Å². The topological polar surface area (TPSA) is 20.2 Å². The molecule has 0 aliphatic heterocycles. The number of halogens is 1. The van der Waals surface area contributed by atoms with E-state index in [1.807, 2.05) is 6.07 Å². The largest absolute Gasteiger partial charge is 0.507 e. The maximum Gasteiger partial charge on any atom is 0.123 e. The molecular formula is C8H8ClO. The molecule has 1 aromatic carbocycles. The minimum absolute atomic E-state index is 0.179. The fourth-order valence-corrected chi connectivity index (χ4v) is 0.932. The summed E-state index contributed by atoms with van der Waals surface area (Å²) in [7, 11) is 0. The molecule has 0 saturated heterocycles. The molecule has 0 aliphatic rings. The van der Waals surface area contributed by atoms with E-state index in [0.29, 0.717) is 5.88 Å². The van der Waals surface area contributed by atoms with Crippen LogP contribution in [0.3, 0.4) is 0 Å². The van der Waals surface area contributed by atoms with E-state index in [1.165, 1.54) is 0 Å². The zero-order valence-corrected chi connectivity index (χ0v) is 6.23. The molecule has 2 heteroatoms. The number of phenols is 1. The average Bonchev–Trinajstić information content (AvgIpc) is 1.95. The van der Waals surface area contributed by atoms with Crippen molar-refractivity contribution < 1.29 is 5.11 Å². The Morgan fingerprint density at radius 1 is 1.50 bits per heavy atom. The second-order valence-electron chi connectivity index (χ2n) is 2.02. The van der Waals surface area contributed by atoms with E-state index < -0.39 is 0 Å². The van der Waals surface area contributed by atoms with Gasteiger partial charge in [-0.1, -0.05) is 6.07 Å². The number of hydrogen-bond acceptors (Lipinski definition) is 1. The lowest BCUT2D eigenvalue weighted by atomic mass is 10.2. The maximum absolute atomic E-state index is 8.84. The zero-order valence-electron chi connectivity index (χ0n) is 5.47. The molecule has 1 radical (unpaired) electrons. The standard InChI is InChI=1S/C8H8ClO/c9-6-5-7-1-3-8(10)4-2-7/h1-3,10H,5-6H2. The van der Waals surface area contributed by atoms with Crippen LogP contribution in [-0.4, -0.2) is 11.0 Å². The minimum atomic E-state index is 0.179. The molecule has 0 unspecified atom stereocenters. The van der Waals surface area contributed by atoms with Crippen molar-refractivity contribution in [1.29, 1.82) is 0 Å². The summed E-state index contributed by atoms with van der Waals surface area (Å²) in [6.45, 7) is 0. The number of alkyl halides is 1. The van der Waals surface area contributed by atoms with E-state index in [-0.39, 0.29) is 5.75 Å². The average molecular weight is 156 g/mol. The van der Waals surface area contributed by atoms with Gasteiger partial charge in [0.25, 0.3) is 0 Å². The first-order chi connectivity index (χ1) is 4.83. The number of phenolic OH excluding ortho intramolecular Hbond substituents is 1. The van der Waals surface area contributed by atoms with Gasteiger partial charge in [-0.3, -0.25) is 0 Å². The van der Waals surface area contributed by atoms with Gasteiger partial charge in [0.05, 0.1) is 0 Å². The summed E-state index contributed by atoms with van der Waals surface area (Å²) in [5, 5.41) is 8.84. The van der Waals surface area contributed by atoms with Crippen LogP contribution in [0.15, 0.2) is 18.2 Å². The Hall–Kier alpha value is -0.690. The molecule has 1 nitrogen and oxygen atoms in total. The van der Waals surface area contributed by atoms with Crippen LogP contribution in [0.2, 0.25) is 0 Å². The zero-order chi connectivity index (χ0) is 7.40. The van der Waals surface area contributed by atoms with Gasteiger partial charge in [0.15, 0.2) is 0 Å². The van der Waals surface area contributed by atoms with Gasteiger partial charge in [-0.05, 0) is 24.1 Å². The molecule has 0 spiro atoms. The lowest BCUT2D eigenvalue weighted by molar-refractivity contribution is 0.474. The van der Waals surface area contributed by atoms with Crippen molar-refractivity contribution in [2.24, 2.45) is 0 Å². The second kappa shape index (κ2) is 3.47. The molecule has 0 saturated carbocycles. The number of aromatic hydroxyl groups is 1. The summed E-state index contributed by atoms with van der Waals surface area (Å²) >= 11 is 5.50. The molecule has 0 aliphatic carbocycles. The summed E-state index contributed by atoms with van der Waals surface area (Å²) < 4.78 is 0. The van der Waals surface area contributed by atoms with Crippen molar-refractivity contribution in [3.8, 4) is 5.75 Å². The molecule has 1 N–H and O–H groups in total. The summed E-state index contributed by atoms with van der Waals surface area (Å²) in [6, 6.07) is 7.88. The molecule has 53 valence electrons. The third-order valence-corrected chi connectivity index (χ3v) is 1.43. The number of hydrogen-bond donors (Lipinski definition) is 1. The molecule has 10 heavy (non-hydrogen) atoms. The first-order valence-corrected chi connectivity index (χ1v) is 3.62. The Balaban J connectivity index is 2.69. The van der Waals surface area contributed by atoms with Gasteiger partial charge in [0, 0.05) is 11.9 Å². The van der Waals surface area contributed by atoms with Crippen LogP contribution in [0.25, 0.3) is 0 Å². The Bertz CT molecular complexity index is 193. The van der Waals surface area contributed by atoms with Gasteiger partial charge in [0.1, 0.15) is 5.75 Å². The molecule has 0 amide bonds. The third-order valence-electron chi connectivity index (χ3n) is 1.24. The molecular weight excluding hydrogens is 148 g/mol. The summed E-state index contributed by atoms with van der Waals surface area (Å²) in [5.74, 6) is 0.789. The first kappa shape index (κ1) is 7.42. The van der Waals surface area contributed by atoms with Gasteiger partial charge in [0.2, 0.25) is 0 Å². The van der Waals surface area contributed by atoms with Crippen molar-refractivity contribution in [2.75, 3.05) is 5.88 Å². The van der Waals surface area contributed by atoms with Gasteiger partial charge < -0.3 is 5.11 Å². The Morgan fingerprint density at radius 2 is 2.30 bits per heavy atom. The van der Waals surface area contributed by atoms with Crippen LogP contribution in [0.5, 0.6) is 5.75 Å². The monoisotopic (exact) mass is 155 g/mol. The Labute approximate surface area is 65.3 Å². The quantitative estimate of drug-likeness (QED) is 0.648. The molecule has 0 fully saturated rings. The van der Waals surface area contributed by atoms with Crippen molar-refractivity contribution in [3.05, 3.63) is 29.8 Å². The van der Waals surface area contributed by atoms with Crippen molar-refractivity contribution in [2.45, 2.75) is 6.42 Å². The number of aryl methyl sites for hydroxylation is 1. The van der Waals surface area contributed by atoms with Gasteiger partial charge >= 0.3 is 0 Å². The molecule has 0 heterocycles. The number of rotatable bonds is 2. The minimum Gasteiger partial charge on any atom is -0.507 e. The van der Waals surface area contributed by atoms with Gasteiger partial charge in [-0.2, -0.15) is 0 Å². The Morgan fingerprint density at radius 3 is 2.80 bits per heavy atom. The second-order valence-corrected chi connectivity index (χ2v) is 2.40. The van der Waals surface area contributed by atoms with Gasteiger partial charge in [-0.15, -0.1) is 11.6 Å². The van der Waals surface area contributed by atoms with E-state index in [0.717, 1.165) is 12.0 Å². The lowest BCUT2D eigenvalue weighted by Crippen LogP contribution is -1.83. The molecule has 0 aromatic heterocycles.